The lowest BCUT2D eigenvalue weighted by atomic mass is 10.1. The van der Waals surface area contributed by atoms with Crippen molar-refractivity contribution in [2.24, 2.45) is 0 Å². The van der Waals surface area contributed by atoms with Gasteiger partial charge in [-0.05, 0) is 36.1 Å². The zero-order valence-electron chi connectivity index (χ0n) is 10.9. The Hall–Kier alpha value is -1.22. The Morgan fingerprint density at radius 3 is 2.71 bits per heavy atom. The Kier molecular flexibility index (Phi) is 4.82. The van der Waals surface area contributed by atoms with E-state index < -0.39 is 22.0 Å². The molecule has 0 saturated heterocycles. The van der Waals surface area contributed by atoms with Gasteiger partial charge in [0, 0.05) is 10.5 Å². The van der Waals surface area contributed by atoms with Gasteiger partial charge in [-0.15, -0.1) is 11.3 Å². The minimum atomic E-state index is -3.89. The Labute approximate surface area is 134 Å². The third kappa shape index (κ3) is 3.70. The van der Waals surface area contributed by atoms with E-state index in [4.69, 9.17) is 5.11 Å². The molecule has 2 rings (SSSR count). The first kappa shape index (κ1) is 16.2. The van der Waals surface area contributed by atoms with Crippen LogP contribution in [-0.4, -0.2) is 19.5 Å². The van der Waals surface area contributed by atoms with Crippen LogP contribution < -0.4 is 4.72 Å². The standard InChI is InChI=1S/C13H12BrNO4S2/c1-8(9-3-2-4-10(14)7-9)15-21(18,19)11-5-6-20-12(11)13(16)17/h2-8,15H,1H3,(H,16,17)/t8-/m1/s1. The van der Waals surface area contributed by atoms with Crippen molar-refractivity contribution < 1.29 is 18.3 Å². The molecule has 2 aromatic rings. The van der Waals surface area contributed by atoms with Gasteiger partial charge >= 0.3 is 5.97 Å². The number of hydrogen-bond acceptors (Lipinski definition) is 4. The Balaban J connectivity index is 2.29. The first-order valence-corrected chi connectivity index (χ1v) is 9.05. The summed E-state index contributed by atoms with van der Waals surface area (Å²) in [4.78, 5) is 10.6. The van der Waals surface area contributed by atoms with Crippen LogP contribution >= 0.6 is 27.3 Å². The molecule has 2 N–H and O–H groups in total. The van der Waals surface area contributed by atoms with Crippen LogP contribution in [-0.2, 0) is 10.0 Å². The number of carboxylic acid groups (broad SMARTS) is 1. The SMILES string of the molecule is C[C@@H](NS(=O)(=O)c1ccsc1C(=O)O)c1cccc(Br)c1. The third-order valence-electron chi connectivity index (χ3n) is 2.79. The molecule has 1 atom stereocenters. The lowest BCUT2D eigenvalue weighted by molar-refractivity contribution is 0.0698. The van der Waals surface area contributed by atoms with Gasteiger partial charge in [0.05, 0.1) is 0 Å². The summed E-state index contributed by atoms with van der Waals surface area (Å²) < 4.78 is 27.9. The van der Waals surface area contributed by atoms with E-state index in [1.807, 2.05) is 6.07 Å². The summed E-state index contributed by atoms with van der Waals surface area (Å²) in [6, 6.07) is 8.06. The highest BCUT2D eigenvalue weighted by Crippen LogP contribution is 2.25. The summed E-state index contributed by atoms with van der Waals surface area (Å²) in [5, 5.41) is 10.5. The first-order chi connectivity index (χ1) is 9.81. The molecule has 0 spiro atoms. The highest BCUT2D eigenvalue weighted by molar-refractivity contribution is 9.10. The third-order valence-corrected chi connectivity index (χ3v) is 5.90. The fourth-order valence-electron chi connectivity index (χ4n) is 1.81. The first-order valence-electron chi connectivity index (χ1n) is 5.90. The molecule has 1 aromatic carbocycles. The second-order valence-electron chi connectivity index (χ2n) is 4.32. The van der Waals surface area contributed by atoms with Crippen LogP contribution in [0.1, 0.15) is 28.2 Å². The maximum Gasteiger partial charge on any atom is 0.347 e. The van der Waals surface area contributed by atoms with E-state index in [9.17, 15) is 13.2 Å². The van der Waals surface area contributed by atoms with Crippen LogP contribution in [0.15, 0.2) is 45.1 Å². The average Bonchev–Trinajstić information content (AvgIpc) is 2.88. The number of aromatic carboxylic acids is 1. The molecule has 1 heterocycles. The minimum Gasteiger partial charge on any atom is -0.477 e. The van der Waals surface area contributed by atoms with Crippen molar-refractivity contribution in [1.82, 2.24) is 4.72 Å². The van der Waals surface area contributed by atoms with Crippen molar-refractivity contribution in [2.45, 2.75) is 17.9 Å². The quantitative estimate of drug-likeness (QED) is 0.821. The van der Waals surface area contributed by atoms with Gasteiger partial charge in [-0.1, -0.05) is 28.1 Å². The van der Waals surface area contributed by atoms with Crippen molar-refractivity contribution in [2.75, 3.05) is 0 Å². The van der Waals surface area contributed by atoms with Crippen LogP contribution in [0.3, 0.4) is 0 Å². The van der Waals surface area contributed by atoms with E-state index in [0.717, 1.165) is 21.4 Å². The molecule has 21 heavy (non-hydrogen) atoms. The lowest BCUT2D eigenvalue weighted by Crippen LogP contribution is -2.27. The number of hydrogen-bond donors (Lipinski definition) is 2. The molecule has 0 aliphatic heterocycles. The van der Waals surface area contributed by atoms with Gasteiger partial charge in [0.2, 0.25) is 10.0 Å². The van der Waals surface area contributed by atoms with Crippen molar-refractivity contribution >= 4 is 43.3 Å². The predicted molar refractivity (Wildman–Crippen MR) is 84.2 cm³/mol. The molecule has 0 aliphatic rings. The molecular formula is C13H12BrNO4S2. The van der Waals surface area contributed by atoms with Crippen LogP contribution in [0.4, 0.5) is 0 Å². The predicted octanol–water partition coefficient (Wildman–Crippen LogP) is 3.25. The van der Waals surface area contributed by atoms with Crippen molar-refractivity contribution in [3.63, 3.8) is 0 Å². The Bertz CT molecular complexity index is 770. The summed E-state index contributed by atoms with van der Waals surface area (Å²) in [5.41, 5.74) is 0.778. The van der Waals surface area contributed by atoms with Gasteiger partial charge in [0.15, 0.2) is 0 Å². The van der Waals surface area contributed by atoms with E-state index in [1.54, 1.807) is 25.1 Å². The van der Waals surface area contributed by atoms with E-state index >= 15 is 0 Å². The fraction of sp³-hybridized carbons (Fsp3) is 0.154. The highest BCUT2D eigenvalue weighted by atomic mass is 79.9. The molecule has 1 aromatic heterocycles. The molecule has 0 saturated carbocycles. The summed E-state index contributed by atoms with van der Waals surface area (Å²) in [6.07, 6.45) is 0. The van der Waals surface area contributed by atoms with E-state index in [-0.39, 0.29) is 9.77 Å². The van der Waals surface area contributed by atoms with E-state index in [1.165, 1.54) is 11.4 Å². The summed E-state index contributed by atoms with van der Waals surface area (Å²) >= 11 is 4.21. The Morgan fingerprint density at radius 2 is 2.10 bits per heavy atom. The number of sulfonamides is 1. The van der Waals surface area contributed by atoms with Crippen molar-refractivity contribution in [3.8, 4) is 0 Å². The number of benzene rings is 1. The van der Waals surface area contributed by atoms with Gasteiger partial charge in [-0.3, -0.25) is 0 Å². The van der Waals surface area contributed by atoms with Gasteiger partial charge < -0.3 is 5.11 Å². The van der Waals surface area contributed by atoms with Gasteiger partial charge in [-0.2, -0.15) is 0 Å². The molecule has 112 valence electrons. The zero-order chi connectivity index (χ0) is 15.6. The number of halogens is 1. The second kappa shape index (κ2) is 6.27. The maximum atomic E-state index is 12.3. The summed E-state index contributed by atoms with van der Waals surface area (Å²) in [7, 11) is -3.89. The number of carbonyl (C=O) groups is 1. The van der Waals surface area contributed by atoms with E-state index in [2.05, 4.69) is 20.7 Å². The van der Waals surface area contributed by atoms with Gasteiger partial charge in [0.1, 0.15) is 9.77 Å². The Morgan fingerprint density at radius 1 is 1.38 bits per heavy atom. The molecule has 0 radical (unpaired) electrons. The van der Waals surface area contributed by atoms with Crippen LogP contribution in [0.2, 0.25) is 0 Å². The molecule has 5 nitrogen and oxygen atoms in total. The highest BCUT2D eigenvalue weighted by Gasteiger charge is 2.25. The van der Waals surface area contributed by atoms with Crippen molar-refractivity contribution in [1.29, 1.82) is 0 Å². The van der Waals surface area contributed by atoms with Crippen molar-refractivity contribution in [3.05, 3.63) is 50.6 Å². The molecule has 0 amide bonds. The topological polar surface area (TPSA) is 83.5 Å². The zero-order valence-corrected chi connectivity index (χ0v) is 14.1. The fourth-order valence-corrected chi connectivity index (χ4v) is 4.71. The second-order valence-corrected chi connectivity index (χ2v) is 7.83. The monoisotopic (exact) mass is 389 g/mol. The molecule has 8 heteroatoms. The van der Waals surface area contributed by atoms with E-state index in [0.29, 0.717) is 0 Å². The average molecular weight is 390 g/mol. The number of nitrogens with one attached hydrogen (secondary N) is 1. The van der Waals surface area contributed by atoms with Gasteiger partial charge in [0.25, 0.3) is 0 Å². The van der Waals surface area contributed by atoms with Crippen LogP contribution in [0.25, 0.3) is 0 Å². The number of thiophene rings is 1. The normalized spacial score (nSPS) is 13.0. The number of rotatable bonds is 5. The van der Waals surface area contributed by atoms with Crippen LogP contribution in [0, 0.1) is 0 Å². The molecular weight excluding hydrogens is 378 g/mol. The summed E-state index contributed by atoms with van der Waals surface area (Å²) in [6.45, 7) is 1.70. The molecule has 0 aliphatic carbocycles. The molecule has 0 bridgehead atoms. The van der Waals surface area contributed by atoms with Crippen LogP contribution in [0.5, 0.6) is 0 Å². The minimum absolute atomic E-state index is 0.191. The number of carboxylic acids is 1. The molecule has 0 fully saturated rings. The smallest absolute Gasteiger partial charge is 0.347 e. The van der Waals surface area contributed by atoms with Gasteiger partial charge in [-0.25, -0.2) is 17.9 Å². The largest absolute Gasteiger partial charge is 0.477 e. The molecule has 0 unspecified atom stereocenters. The maximum absolute atomic E-state index is 12.3. The lowest BCUT2D eigenvalue weighted by Gasteiger charge is -2.14. The summed E-state index contributed by atoms with van der Waals surface area (Å²) in [5.74, 6) is -1.25.